The summed E-state index contributed by atoms with van der Waals surface area (Å²) in [6, 6.07) is 5.37. The lowest BCUT2D eigenvalue weighted by Crippen LogP contribution is -2.75. The van der Waals surface area contributed by atoms with Crippen molar-refractivity contribution in [3.05, 3.63) is 41.1 Å². The van der Waals surface area contributed by atoms with E-state index in [0.717, 1.165) is 4.90 Å². The van der Waals surface area contributed by atoms with Gasteiger partial charge in [-0.25, -0.2) is 18.0 Å². The maximum atomic E-state index is 13.1. The highest BCUT2D eigenvalue weighted by molar-refractivity contribution is 7.92. The van der Waals surface area contributed by atoms with Gasteiger partial charge in [0.15, 0.2) is 21.4 Å². The average Bonchev–Trinajstić information content (AvgIpc) is 2.96. The van der Waals surface area contributed by atoms with Crippen molar-refractivity contribution in [1.82, 2.24) is 15.5 Å². The fourth-order valence-corrected chi connectivity index (χ4v) is 6.68. The quantitative estimate of drug-likeness (QED) is 0.125. The number of benzene rings is 1. The molecule has 3 atom stereocenters. The van der Waals surface area contributed by atoms with Gasteiger partial charge < -0.3 is 29.4 Å². The van der Waals surface area contributed by atoms with Gasteiger partial charge in [0.2, 0.25) is 5.91 Å². The minimum absolute atomic E-state index is 0.00920. The molecule has 2 aliphatic rings. The SMILES string of the molecule is COc1ccc(COC(=O)NC(CCCC(=O)N[C@H]2C(=O)N3C(C(=O)OC(C)(C)C)=C(CO)CS(=O)(=O)[C@@H]23)OC(=O)C(C)(C)C)cc1. The van der Waals surface area contributed by atoms with Crippen LogP contribution >= 0.6 is 0 Å². The van der Waals surface area contributed by atoms with E-state index >= 15 is 0 Å². The number of fused-ring (bicyclic) bond motifs is 1. The van der Waals surface area contributed by atoms with E-state index in [0.29, 0.717) is 11.3 Å². The second-order valence-corrected chi connectivity index (χ2v) is 15.3. The van der Waals surface area contributed by atoms with Crippen molar-refractivity contribution >= 4 is 39.7 Å². The zero-order valence-electron chi connectivity index (χ0n) is 27.6. The zero-order valence-corrected chi connectivity index (χ0v) is 28.4. The van der Waals surface area contributed by atoms with Crippen LogP contribution in [-0.4, -0.2) is 91.0 Å². The molecule has 2 aliphatic heterocycles. The molecule has 15 nitrogen and oxygen atoms in total. The number of hydrogen-bond acceptors (Lipinski definition) is 12. The molecule has 3 amide bonds. The largest absolute Gasteiger partial charge is 0.497 e. The van der Waals surface area contributed by atoms with Gasteiger partial charge in [-0.05, 0) is 65.7 Å². The van der Waals surface area contributed by atoms with Gasteiger partial charge in [-0.2, -0.15) is 0 Å². The lowest BCUT2D eigenvalue weighted by molar-refractivity contribution is -0.160. The number of aliphatic hydroxyl groups is 1. The Morgan fingerprint density at radius 1 is 1.06 bits per heavy atom. The van der Waals surface area contributed by atoms with Crippen molar-refractivity contribution in [1.29, 1.82) is 0 Å². The number of nitrogens with zero attached hydrogens (tertiary/aromatic N) is 1. The van der Waals surface area contributed by atoms with Gasteiger partial charge in [-0.1, -0.05) is 12.1 Å². The number of sulfone groups is 1. The van der Waals surface area contributed by atoms with Crippen LogP contribution in [-0.2, 0) is 49.8 Å². The minimum Gasteiger partial charge on any atom is -0.497 e. The van der Waals surface area contributed by atoms with Crippen LogP contribution in [0.3, 0.4) is 0 Å². The summed E-state index contributed by atoms with van der Waals surface area (Å²) in [5, 5.41) is 13.1. The van der Waals surface area contributed by atoms with Crippen molar-refractivity contribution in [3.8, 4) is 5.75 Å². The Bertz CT molecular complexity index is 1510. The topological polar surface area (TPSA) is 204 Å². The van der Waals surface area contributed by atoms with E-state index in [4.69, 9.17) is 18.9 Å². The lowest BCUT2D eigenvalue weighted by Gasteiger charge is -2.49. The van der Waals surface area contributed by atoms with E-state index < -0.39 is 80.7 Å². The Kier molecular flexibility index (Phi) is 11.7. The number of β-lactam (4-membered cyclic amide) rings is 1. The number of methoxy groups -OCH3 is 1. The van der Waals surface area contributed by atoms with E-state index in [1.54, 1.807) is 65.8 Å². The lowest BCUT2D eigenvalue weighted by atomic mass is 9.97. The van der Waals surface area contributed by atoms with Gasteiger partial charge in [-0.3, -0.25) is 24.6 Å². The first-order valence-corrected chi connectivity index (χ1v) is 16.7. The molecule has 3 N–H and O–H groups in total. The van der Waals surface area contributed by atoms with Gasteiger partial charge in [0.25, 0.3) is 5.91 Å². The Hall–Kier alpha value is -4.18. The number of alkyl carbamates (subject to hydrolysis) is 1. The number of esters is 2. The molecule has 16 heteroatoms. The van der Waals surface area contributed by atoms with Crippen LogP contribution in [0.5, 0.6) is 5.75 Å². The van der Waals surface area contributed by atoms with Gasteiger partial charge in [0, 0.05) is 18.4 Å². The molecule has 0 aromatic heterocycles. The Morgan fingerprint density at radius 2 is 1.70 bits per heavy atom. The van der Waals surface area contributed by atoms with Crippen LogP contribution < -0.4 is 15.4 Å². The number of ether oxygens (including phenoxy) is 4. The van der Waals surface area contributed by atoms with Crippen molar-refractivity contribution < 1.29 is 56.4 Å². The second kappa shape index (κ2) is 14.7. The van der Waals surface area contributed by atoms with Gasteiger partial charge >= 0.3 is 18.0 Å². The Morgan fingerprint density at radius 3 is 2.26 bits per heavy atom. The molecular weight excluding hydrogens is 638 g/mol. The average molecular weight is 682 g/mol. The Labute approximate surface area is 273 Å². The normalized spacial score (nSPS) is 19.5. The van der Waals surface area contributed by atoms with E-state index in [1.807, 2.05) is 0 Å². The first kappa shape index (κ1) is 37.3. The monoisotopic (exact) mass is 681 g/mol. The third kappa shape index (κ3) is 9.67. The van der Waals surface area contributed by atoms with Crippen molar-refractivity contribution in [2.75, 3.05) is 19.5 Å². The molecule has 47 heavy (non-hydrogen) atoms. The summed E-state index contributed by atoms with van der Waals surface area (Å²) in [5.74, 6) is -3.17. The van der Waals surface area contributed by atoms with E-state index in [2.05, 4.69) is 10.6 Å². The van der Waals surface area contributed by atoms with Crippen LogP contribution in [0, 0.1) is 5.41 Å². The van der Waals surface area contributed by atoms with E-state index in [-0.39, 0.29) is 37.1 Å². The second-order valence-electron chi connectivity index (χ2n) is 13.2. The highest BCUT2D eigenvalue weighted by atomic mass is 32.2. The van der Waals surface area contributed by atoms with Gasteiger partial charge in [0.05, 0.1) is 24.9 Å². The van der Waals surface area contributed by atoms with Crippen LogP contribution in [0.4, 0.5) is 4.79 Å². The molecular formula is C31H43N3O12S. The smallest absolute Gasteiger partial charge is 0.410 e. The fraction of sp³-hybridized carbons (Fsp3) is 0.581. The fourth-order valence-electron chi connectivity index (χ4n) is 4.66. The third-order valence-electron chi connectivity index (χ3n) is 7.00. The summed E-state index contributed by atoms with van der Waals surface area (Å²) in [5.41, 5.74) is -1.70. The van der Waals surface area contributed by atoms with Crippen molar-refractivity contribution in [2.45, 2.75) is 90.7 Å². The summed E-state index contributed by atoms with van der Waals surface area (Å²) >= 11 is 0. The molecule has 1 aromatic rings. The molecule has 0 bridgehead atoms. The van der Waals surface area contributed by atoms with Crippen molar-refractivity contribution in [3.63, 3.8) is 0 Å². The third-order valence-corrected chi connectivity index (χ3v) is 8.97. The molecule has 0 spiro atoms. The molecule has 3 rings (SSSR count). The first-order chi connectivity index (χ1) is 21.8. The Balaban J connectivity index is 1.62. The number of rotatable bonds is 12. The molecule has 0 aliphatic carbocycles. The van der Waals surface area contributed by atoms with Crippen molar-refractivity contribution in [2.24, 2.45) is 5.41 Å². The van der Waals surface area contributed by atoms with E-state index in [9.17, 15) is 37.5 Å². The summed E-state index contributed by atoms with van der Waals surface area (Å²) in [4.78, 5) is 64.6. The van der Waals surface area contributed by atoms with Gasteiger partial charge in [-0.15, -0.1) is 0 Å². The number of hydrogen-bond donors (Lipinski definition) is 3. The number of carbonyl (C=O) groups is 5. The van der Waals surface area contributed by atoms with E-state index in [1.165, 1.54) is 7.11 Å². The molecule has 1 unspecified atom stereocenters. The van der Waals surface area contributed by atoms with Gasteiger partial charge in [0.1, 0.15) is 29.7 Å². The molecule has 0 radical (unpaired) electrons. The zero-order chi connectivity index (χ0) is 35.3. The molecule has 1 saturated heterocycles. The standard InChI is InChI=1S/C31H43N3O12S/c1-30(2,3)28(39)45-22(33-29(40)44-16-18-11-13-20(43-7)14-12-18)10-8-9-21(36)32-23-25(37)34-24(27(38)46-31(4,5)6)19(15-35)17-47(41,42)26(23)34/h11-14,22-23,26,35H,8-10,15-17H2,1-7H3,(H,32,36)(H,33,40)/t22?,23-,26-/m0/s1. The maximum absolute atomic E-state index is 13.1. The summed E-state index contributed by atoms with van der Waals surface area (Å²) < 4.78 is 47.2. The minimum atomic E-state index is -4.09. The number of carbonyl (C=O) groups excluding carboxylic acids is 5. The molecule has 0 saturated carbocycles. The maximum Gasteiger partial charge on any atom is 0.410 e. The predicted octanol–water partition coefficient (Wildman–Crippen LogP) is 1.68. The molecule has 1 fully saturated rings. The highest BCUT2D eigenvalue weighted by Crippen LogP contribution is 2.37. The highest BCUT2D eigenvalue weighted by Gasteiger charge is 2.60. The van der Waals surface area contributed by atoms with Crippen LogP contribution in [0.1, 0.15) is 66.4 Å². The number of amides is 3. The van der Waals surface area contributed by atoms with Crippen LogP contribution in [0.15, 0.2) is 35.5 Å². The summed E-state index contributed by atoms with van der Waals surface area (Å²) in [6.07, 6.45) is -2.19. The number of nitrogens with one attached hydrogen (secondary N) is 2. The van der Waals surface area contributed by atoms with Crippen LogP contribution in [0.25, 0.3) is 0 Å². The summed E-state index contributed by atoms with van der Waals surface area (Å²) in [7, 11) is -2.56. The first-order valence-electron chi connectivity index (χ1n) is 14.9. The molecule has 260 valence electrons. The number of aliphatic hydroxyl groups excluding tert-OH is 1. The van der Waals surface area contributed by atoms with Crippen LogP contribution in [0.2, 0.25) is 0 Å². The summed E-state index contributed by atoms with van der Waals surface area (Å²) in [6.45, 7) is 8.82. The molecule has 1 aromatic carbocycles. The predicted molar refractivity (Wildman–Crippen MR) is 166 cm³/mol. The molecule has 2 heterocycles.